The van der Waals surface area contributed by atoms with E-state index in [1.165, 1.54) is 6.20 Å². The number of rotatable bonds is 5. The lowest BCUT2D eigenvalue weighted by atomic mass is 10.1. The highest BCUT2D eigenvalue weighted by molar-refractivity contribution is 5.76. The predicted molar refractivity (Wildman–Crippen MR) is 79.8 cm³/mol. The molecule has 120 valence electrons. The second-order valence-corrected chi connectivity index (χ2v) is 5.18. The van der Waals surface area contributed by atoms with Gasteiger partial charge in [0.05, 0.1) is 12.2 Å². The van der Waals surface area contributed by atoms with Gasteiger partial charge in [-0.1, -0.05) is 5.16 Å². The zero-order chi connectivity index (χ0) is 16.4. The van der Waals surface area contributed by atoms with E-state index in [0.717, 1.165) is 17.0 Å². The number of amides is 1. The minimum atomic E-state index is -0.323. The summed E-state index contributed by atoms with van der Waals surface area (Å²) in [6, 6.07) is 0. The first-order valence-corrected chi connectivity index (χ1v) is 7.16. The molecule has 0 unspecified atom stereocenters. The van der Waals surface area contributed by atoms with Crippen molar-refractivity contribution in [1.82, 2.24) is 30.1 Å². The smallest absolute Gasteiger partial charge is 0.293 e. The number of H-pyrrole nitrogens is 1. The van der Waals surface area contributed by atoms with E-state index in [0.29, 0.717) is 18.7 Å². The number of aryl methyl sites for hydroxylation is 2. The SMILES string of the molecule is Cc1noc(C)c1CCC(=O)NCc1nnc2c(=O)[nH]ccn12. The van der Waals surface area contributed by atoms with Gasteiger partial charge in [-0.15, -0.1) is 10.2 Å². The van der Waals surface area contributed by atoms with E-state index >= 15 is 0 Å². The average molecular weight is 316 g/mol. The van der Waals surface area contributed by atoms with Gasteiger partial charge >= 0.3 is 0 Å². The first-order valence-electron chi connectivity index (χ1n) is 7.16. The Hall–Kier alpha value is -2.97. The normalized spacial score (nSPS) is 11.0. The van der Waals surface area contributed by atoms with Crippen molar-refractivity contribution < 1.29 is 9.32 Å². The second-order valence-electron chi connectivity index (χ2n) is 5.18. The Morgan fingerprint density at radius 1 is 1.39 bits per heavy atom. The Kier molecular flexibility index (Phi) is 3.92. The highest BCUT2D eigenvalue weighted by Gasteiger charge is 2.12. The molecule has 0 spiro atoms. The van der Waals surface area contributed by atoms with Crippen LogP contribution in [0.25, 0.3) is 5.65 Å². The molecule has 3 aromatic rings. The second kappa shape index (κ2) is 6.03. The maximum Gasteiger partial charge on any atom is 0.293 e. The number of hydrogen-bond donors (Lipinski definition) is 2. The Morgan fingerprint density at radius 3 is 2.96 bits per heavy atom. The topological polar surface area (TPSA) is 118 Å². The van der Waals surface area contributed by atoms with Crippen LogP contribution in [0.5, 0.6) is 0 Å². The molecule has 3 aromatic heterocycles. The molecule has 0 saturated carbocycles. The van der Waals surface area contributed by atoms with E-state index in [9.17, 15) is 9.59 Å². The molecule has 1 amide bonds. The molecule has 9 heteroatoms. The molecule has 2 N–H and O–H groups in total. The van der Waals surface area contributed by atoms with Crippen LogP contribution in [0.3, 0.4) is 0 Å². The molecule has 3 rings (SSSR count). The van der Waals surface area contributed by atoms with Gasteiger partial charge in [0.2, 0.25) is 11.6 Å². The van der Waals surface area contributed by atoms with Crippen molar-refractivity contribution in [1.29, 1.82) is 0 Å². The summed E-state index contributed by atoms with van der Waals surface area (Å²) in [6.45, 7) is 3.88. The van der Waals surface area contributed by atoms with E-state index in [-0.39, 0.29) is 23.7 Å². The van der Waals surface area contributed by atoms with E-state index in [2.05, 4.69) is 25.7 Å². The minimum absolute atomic E-state index is 0.119. The number of hydrogen-bond acceptors (Lipinski definition) is 6. The summed E-state index contributed by atoms with van der Waals surface area (Å²) in [4.78, 5) is 26.0. The van der Waals surface area contributed by atoms with Crippen molar-refractivity contribution in [3.05, 3.63) is 45.6 Å². The number of aromatic nitrogens is 5. The molecule has 0 saturated heterocycles. The van der Waals surface area contributed by atoms with Crippen molar-refractivity contribution in [3.63, 3.8) is 0 Å². The average Bonchev–Trinajstić information content (AvgIpc) is 3.08. The minimum Gasteiger partial charge on any atom is -0.361 e. The van der Waals surface area contributed by atoms with Crippen molar-refractivity contribution in [2.24, 2.45) is 0 Å². The van der Waals surface area contributed by atoms with Crippen molar-refractivity contribution in [3.8, 4) is 0 Å². The van der Waals surface area contributed by atoms with Gasteiger partial charge in [0.1, 0.15) is 5.76 Å². The van der Waals surface area contributed by atoms with Crippen LogP contribution < -0.4 is 10.9 Å². The standard InChI is InChI=1S/C14H16N6O3/c1-8-10(9(2)23-19-8)3-4-12(21)16-7-11-17-18-13-14(22)15-5-6-20(11)13/h5-6H,3-4,7H2,1-2H3,(H,15,22)(H,16,21). The Labute approximate surface area is 130 Å². The van der Waals surface area contributed by atoms with Crippen LogP contribution in [-0.2, 0) is 17.8 Å². The van der Waals surface area contributed by atoms with E-state index in [1.54, 1.807) is 10.6 Å². The maximum atomic E-state index is 12.0. The molecule has 0 aliphatic heterocycles. The van der Waals surface area contributed by atoms with Gasteiger partial charge in [-0.25, -0.2) is 0 Å². The van der Waals surface area contributed by atoms with Gasteiger partial charge in [-0.05, 0) is 20.3 Å². The molecule has 23 heavy (non-hydrogen) atoms. The molecule has 9 nitrogen and oxygen atoms in total. The third-order valence-electron chi connectivity index (χ3n) is 3.63. The summed E-state index contributed by atoms with van der Waals surface area (Å²) in [6.07, 6.45) is 4.02. The van der Waals surface area contributed by atoms with Crippen LogP contribution in [-0.4, -0.2) is 30.6 Å². The third-order valence-corrected chi connectivity index (χ3v) is 3.63. The summed E-state index contributed by atoms with van der Waals surface area (Å²) in [5, 5.41) is 14.4. The van der Waals surface area contributed by atoms with E-state index < -0.39 is 0 Å². The molecule has 0 aromatic carbocycles. The van der Waals surface area contributed by atoms with Gasteiger partial charge in [0.25, 0.3) is 5.56 Å². The lowest BCUT2D eigenvalue weighted by Gasteiger charge is -2.04. The van der Waals surface area contributed by atoms with E-state index in [1.807, 2.05) is 13.8 Å². The van der Waals surface area contributed by atoms with Crippen molar-refractivity contribution >= 4 is 11.6 Å². The predicted octanol–water partition coefficient (Wildman–Crippen LogP) is 0.271. The fourth-order valence-electron chi connectivity index (χ4n) is 2.37. The number of nitrogens with zero attached hydrogens (tertiary/aromatic N) is 4. The lowest BCUT2D eigenvalue weighted by molar-refractivity contribution is -0.121. The molecule has 0 fully saturated rings. The first-order chi connectivity index (χ1) is 11.1. The molecular formula is C14H16N6O3. The number of nitrogens with one attached hydrogen (secondary N) is 2. The highest BCUT2D eigenvalue weighted by atomic mass is 16.5. The fraction of sp³-hybridized carbons (Fsp3) is 0.357. The van der Waals surface area contributed by atoms with Crippen LogP contribution >= 0.6 is 0 Å². The summed E-state index contributed by atoms with van der Waals surface area (Å²) in [5.41, 5.74) is 1.64. The zero-order valence-electron chi connectivity index (χ0n) is 12.8. The summed E-state index contributed by atoms with van der Waals surface area (Å²) in [5.74, 6) is 1.11. The molecule has 0 radical (unpaired) electrons. The van der Waals surface area contributed by atoms with Crippen molar-refractivity contribution in [2.45, 2.75) is 33.2 Å². The first kappa shape index (κ1) is 14.9. The maximum absolute atomic E-state index is 12.0. The zero-order valence-corrected chi connectivity index (χ0v) is 12.8. The van der Waals surface area contributed by atoms with Gasteiger partial charge in [0.15, 0.2) is 5.82 Å². The fourth-order valence-corrected chi connectivity index (χ4v) is 2.37. The Morgan fingerprint density at radius 2 is 2.22 bits per heavy atom. The third kappa shape index (κ3) is 2.98. The highest BCUT2D eigenvalue weighted by Crippen LogP contribution is 2.14. The molecule has 0 atom stereocenters. The Balaban J connectivity index is 1.60. The number of fused-ring (bicyclic) bond motifs is 1. The van der Waals surface area contributed by atoms with Gasteiger partial charge in [-0.3, -0.25) is 14.0 Å². The summed E-state index contributed by atoms with van der Waals surface area (Å²) >= 11 is 0. The number of carbonyl (C=O) groups is 1. The Bertz CT molecular complexity index is 887. The molecular weight excluding hydrogens is 300 g/mol. The van der Waals surface area contributed by atoms with Crippen LogP contribution in [0.2, 0.25) is 0 Å². The van der Waals surface area contributed by atoms with Crippen LogP contribution in [0.15, 0.2) is 21.7 Å². The summed E-state index contributed by atoms with van der Waals surface area (Å²) < 4.78 is 6.62. The molecule has 0 bridgehead atoms. The molecule has 0 aliphatic carbocycles. The summed E-state index contributed by atoms with van der Waals surface area (Å²) in [7, 11) is 0. The quantitative estimate of drug-likeness (QED) is 0.697. The number of aromatic amines is 1. The molecule has 0 aliphatic rings. The largest absolute Gasteiger partial charge is 0.361 e. The van der Waals surface area contributed by atoms with Crippen molar-refractivity contribution in [2.75, 3.05) is 0 Å². The molecule has 3 heterocycles. The van der Waals surface area contributed by atoms with Crippen LogP contribution in [0.1, 0.15) is 29.3 Å². The van der Waals surface area contributed by atoms with Gasteiger partial charge in [0, 0.05) is 24.4 Å². The van der Waals surface area contributed by atoms with Gasteiger partial charge < -0.3 is 14.8 Å². The van der Waals surface area contributed by atoms with Gasteiger partial charge in [-0.2, -0.15) is 0 Å². The van der Waals surface area contributed by atoms with E-state index in [4.69, 9.17) is 4.52 Å². The number of carbonyl (C=O) groups excluding carboxylic acids is 1. The lowest BCUT2D eigenvalue weighted by Crippen LogP contribution is -2.24. The monoisotopic (exact) mass is 316 g/mol. The van der Waals surface area contributed by atoms with Crippen LogP contribution in [0.4, 0.5) is 0 Å². The van der Waals surface area contributed by atoms with Crippen LogP contribution in [0, 0.1) is 13.8 Å².